The van der Waals surface area contributed by atoms with Gasteiger partial charge in [-0.3, -0.25) is 0 Å². The molecule has 1 atom stereocenters. The Balaban J connectivity index is 1.83. The lowest BCUT2D eigenvalue weighted by Crippen LogP contribution is -2.18. The molecule has 35 heavy (non-hydrogen) atoms. The van der Waals surface area contributed by atoms with Crippen LogP contribution in [0.2, 0.25) is 0 Å². The van der Waals surface area contributed by atoms with Gasteiger partial charge >= 0.3 is 0 Å². The first-order valence-corrected chi connectivity index (χ1v) is 12.8. The van der Waals surface area contributed by atoms with E-state index in [0.717, 1.165) is 6.42 Å². The summed E-state index contributed by atoms with van der Waals surface area (Å²) in [5.74, 6) is 0.532. The molecule has 0 aliphatic carbocycles. The van der Waals surface area contributed by atoms with E-state index >= 15 is 0 Å². The Labute approximate surface area is 210 Å². The van der Waals surface area contributed by atoms with Crippen LogP contribution in [0.4, 0.5) is 17.1 Å². The molecule has 1 unspecified atom stereocenters. The number of anilines is 3. The Bertz CT molecular complexity index is 1470. The third kappa shape index (κ3) is 4.32. The number of benzene rings is 5. The van der Waals surface area contributed by atoms with Gasteiger partial charge in [0.05, 0.1) is 5.69 Å². The topological polar surface area (TPSA) is 3.24 Å². The van der Waals surface area contributed by atoms with E-state index in [4.69, 9.17) is 0 Å². The number of rotatable bonds is 5. The van der Waals surface area contributed by atoms with Crippen LogP contribution in [0.15, 0.2) is 103 Å². The molecule has 0 N–H and O–H groups in total. The maximum absolute atomic E-state index is 2.43. The van der Waals surface area contributed by atoms with E-state index in [-0.39, 0.29) is 5.41 Å². The van der Waals surface area contributed by atoms with Gasteiger partial charge in [0, 0.05) is 16.8 Å². The molecule has 0 amide bonds. The highest BCUT2D eigenvalue weighted by molar-refractivity contribution is 6.14. The van der Waals surface area contributed by atoms with Crippen molar-refractivity contribution in [1.29, 1.82) is 0 Å². The molecule has 5 aromatic rings. The predicted molar refractivity (Wildman–Crippen MR) is 154 cm³/mol. The highest BCUT2D eigenvalue weighted by Gasteiger charge is 2.24. The average molecular weight is 458 g/mol. The maximum atomic E-state index is 2.43. The standard InChI is InChI=1S/C34H35N/c1-6-24(2)28-21-20-27(23-32(28)34(3,4)5)35(26-15-8-7-9-16-26)33-22-25-14-10-11-17-29(25)30-18-12-13-19-31(30)33/h7-24H,6H2,1-5H3. The van der Waals surface area contributed by atoms with Gasteiger partial charge in [-0.15, -0.1) is 0 Å². The molecule has 0 aliphatic rings. The van der Waals surface area contributed by atoms with Crippen LogP contribution in [0, 0.1) is 0 Å². The van der Waals surface area contributed by atoms with Gasteiger partial charge in [0.2, 0.25) is 0 Å². The van der Waals surface area contributed by atoms with Gasteiger partial charge in [0.1, 0.15) is 0 Å². The smallest absolute Gasteiger partial charge is 0.0546 e. The van der Waals surface area contributed by atoms with Crippen molar-refractivity contribution in [2.24, 2.45) is 0 Å². The third-order valence-corrected chi connectivity index (χ3v) is 7.25. The van der Waals surface area contributed by atoms with Crippen molar-refractivity contribution in [2.75, 3.05) is 4.90 Å². The molecule has 0 fully saturated rings. The molecule has 5 rings (SSSR count). The molecule has 1 nitrogen and oxygen atoms in total. The molecule has 0 spiro atoms. The Morgan fingerprint density at radius 2 is 1.29 bits per heavy atom. The molecular weight excluding hydrogens is 422 g/mol. The first kappa shape index (κ1) is 23.2. The Morgan fingerprint density at radius 1 is 0.657 bits per heavy atom. The molecule has 0 aromatic heterocycles. The van der Waals surface area contributed by atoms with E-state index in [9.17, 15) is 0 Å². The fourth-order valence-electron chi connectivity index (χ4n) is 5.21. The summed E-state index contributed by atoms with van der Waals surface area (Å²) >= 11 is 0. The summed E-state index contributed by atoms with van der Waals surface area (Å²) in [6.45, 7) is 11.6. The molecule has 0 radical (unpaired) electrons. The van der Waals surface area contributed by atoms with Crippen LogP contribution in [-0.2, 0) is 5.41 Å². The predicted octanol–water partition coefficient (Wildman–Crippen LogP) is 10.3. The van der Waals surface area contributed by atoms with Gasteiger partial charge in [-0.2, -0.15) is 0 Å². The van der Waals surface area contributed by atoms with Crippen molar-refractivity contribution in [1.82, 2.24) is 0 Å². The zero-order chi connectivity index (χ0) is 24.6. The van der Waals surface area contributed by atoms with Crippen molar-refractivity contribution >= 4 is 38.6 Å². The van der Waals surface area contributed by atoms with Gasteiger partial charge in [0.25, 0.3) is 0 Å². The molecule has 0 bridgehead atoms. The van der Waals surface area contributed by atoms with Crippen molar-refractivity contribution in [3.8, 4) is 0 Å². The van der Waals surface area contributed by atoms with Crippen LogP contribution >= 0.6 is 0 Å². The number of fused-ring (bicyclic) bond motifs is 3. The van der Waals surface area contributed by atoms with E-state index in [2.05, 4.69) is 143 Å². The minimum absolute atomic E-state index is 0.0581. The number of hydrogen-bond acceptors (Lipinski definition) is 1. The molecule has 1 heteroatoms. The van der Waals surface area contributed by atoms with Crippen LogP contribution in [0.25, 0.3) is 21.5 Å². The summed E-state index contributed by atoms with van der Waals surface area (Å²) in [4.78, 5) is 2.43. The van der Waals surface area contributed by atoms with Crippen molar-refractivity contribution in [3.63, 3.8) is 0 Å². The zero-order valence-corrected chi connectivity index (χ0v) is 21.5. The van der Waals surface area contributed by atoms with Crippen LogP contribution in [0.5, 0.6) is 0 Å². The number of hydrogen-bond donors (Lipinski definition) is 0. The summed E-state index contributed by atoms with van der Waals surface area (Å²) < 4.78 is 0. The maximum Gasteiger partial charge on any atom is 0.0546 e. The summed E-state index contributed by atoms with van der Waals surface area (Å²) in [6.07, 6.45) is 1.14. The highest BCUT2D eigenvalue weighted by atomic mass is 15.1. The Kier molecular flexibility index (Phi) is 6.11. The summed E-state index contributed by atoms with van der Waals surface area (Å²) in [5, 5.41) is 5.10. The lowest BCUT2D eigenvalue weighted by molar-refractivity contribution is 0.570. The van der Waals surface area contributed by atoms with E-state index in [0.29, 0.717) is 5.92 Å². The van der Waals surface area contributed by atoms with Crippen LogP contribution in [0.3, 0.4) is 0 Å². The monoisotopic (exact) mass is 457 g/mol. The van der Waals surface area contributed by atoms with Gasteiger partial charge in [-0.1, -0.05) is 107 Å². The molecular formula is C34H35N. The minimum Gasteiger partial charge on any atom is -0.310 e. The first-order valence-electron chi connectivity index (χ1n) is 12.8. The van der Waals surface area contributed by atoms with Crippen LogP contribution in [-0.4, -0.2) is 0 Å². The Morgan fingerprint density at radius 3 is 1.97 bits per heavy atom. The zero-order valence-electron chi connectivity index (χ0n) is 21.5. The second-order valence-corrected chi connectivity index (χ2v) is 10.7. The van der Waals surface area contributed by atoms with Crippen LogP contribution < -0.4 is 4.90 Å². The van der Waals surface area contributed by atoms with Crippen molar-refractivity contribution < 1.29 is 0 Å². The average Bonchev–Trinajstić information content (AvgIpc) is 2.88. The highest BCUT2D eigenvalue weighted by Crippen LogP contribution is 2.44. The first-order chi connectivity index (χ1) is 16.9. The lowest BCUT2D eigenvalue weighted by atomic mass is 9.79. The minimum atomic E-state index is 0.0581. The number of para-hydroxylation sites is 1. The lowest BCUT2D eigenvalue weighted by Gasteiger charge is -2.31. The molecule has 5 aromatic carbocycles. The summed E-state index contributed by atoms with van der Waals surface area (Å²) in [6, 6.07) is 37.7. The van der Waals surface area contributed by atoms with Crippen molar-refractivity contribution in [3.05, 3.63) is 114 Å². The van der Waals surface area contributed by atoms with E-state index in [1.54, 1.807) is 0 Å². The van der Waals surface area contributed by atoms with E-state index < -0.39 is 0 Å². The third-order valence-electron chi connectivity index (χ3n) is 7.25. The quantitative estimate of drug-likeness (QED) is 0.237. The second kappa shape index (κ2) is 9.23. The molecule has 0 heterocycles. The van der Waals surface area contributed by atoms with Gasteiger partial charge in [-0.25, -0.2) is 0 Å². The fraction of sp³-hybridized carbons (Fsp3) is 0.235. The van der Waals surface area contributed by atoms with E-state index in [1.165, 1.54) is 49.7 Å². The molecule has 0 saturated carbocycles. The van der Waals surface area contributed by atoms with E-state index in [1.807, 2.05) is 0 Å². The molecule has 0 saturated heterocycles. The van der Waals surface area contributed by atoms with Gasteiger partial charge in [0.15, 0.2) is 0 Å². The van der Waals surface area contributed by atoms with Crippen molar-refractivity contribution in [2.45, 2.75) is 52.4 Å². The Hall–Kier alpha value is -3.58. The largest absolute Gasteiger partial charge is 0.310 e. The normalized spacial score (nSPS) is 12.7. The molecule has 176 valence electrons. The molecule has 0 aliphatic heterocycles. The van der Waals surface area contributed by atoms with Gasteiger partial charge < -0.3 is 4.90 Å². The summed E-state index contributed by atoms with van der Waals surface area (Å²) in [5.41, 5.74) is 6.53. The fourth-order valence-corrected chi connectivity index (χ4v) is 5.21. The second-order valence-electron chi connectivity index (χ2n) is 10.7. The summed E-state index contributed by atoms with van der Waals surface area (Å²) in [7, 11) is 0. The van der Waals surface area contributed by atoms with Crippen LogP contribution in [0.1, 0.15) is 58.1 Å². The van der Waals surface area contributed by atoms with Gasteiger partial charge in [-0.05, 0) is 75.4 Å². The SMILES string of the molecule is CCC(C)c1ccc(N(c2ccccc2)c2cc3ccccc3c3ccccc23)cc1C(C)(C)C. The number of nitrogens with zero attached hydrogens (tertiary/aromatic N) is 1.